The minimum Gasteiger partial charge on any atom is -0.478 e. The molecule has 0 radical (unpaired) electrons. The maximum atomic E-state index is 11.8. The first kappa shape index (κ1) is 12.4. The number of rotatable bonds is 4. The lowest BCUT2D eigenvalue weighted by Crippen LogP contribution is -2.32. The number of anilines is 1. The molecule has 1 aliphatic carbocycles. The van der Waals surface area contributed by atoms with Gasteiger partial charge in [-0.15, -0.1) is 0 Å². The monoisotopic (exact) mass is 248 g/mol. The molecule has 96 valence electrons. The minimum atomic E-state index is -1.00. The van der Waals surface area contributed by atoms with Crippen molar-refractivity contribution in [3.05, 3.63) is 29.8 Å². The van der Waals surface area contributed by atoms with Crippen LogP contribution in [-0.2, 0) is 0 Å². The molecular formula is C13H16N2O3. The molecule has 1 aromatic rings. The van der Waals surface area contributed by atoms with Crippen molar-refractivity contribution in [2.75, 3.05) is 18.9 Å². The third kappa shape index (κ3) is 3.23. The van der Waals surface area contributed by atoms with Crippen molar-refractivity contribution < 1.29 is 14.7 Å². The molecule has 1 saturated carbocycles. The fourth-order valence-electron chi connectivity index (χ4n) is 1.72. The van der Waals surface area contributed by atoms with E-state index in [4.69, 9.17) is 5.11 Å². The number of carbonyl (C=O) groups is 2. The molecule has 0 aliphatic heterocycles. The first-order valence-corrected chi connectivity index (χ1v) is 5.92. The molecule has 0 aromatic heterocycles. The van der Waals surface area contributed by atoms with E-state index in [0.717, 1.165) is 6.54 Å². The number of carboxylic acids is 1. The quantitative estimate of drug-likeness (QED) is 0.858. The van der Waals surface area contributed by atoms with E-state index >= 15 is 0 Å². The zero-order valence-electron chi connectivity index (χ0n) is 10.2. The number of carbonyl (C=O) groups excluding carboxylic acids is 1. The smallest absolute Gasteiger partial charge is 0.335 e. The molecule has 5 nitrogen and oxygen atoms in total. The number of nitrogens with one attached hydrogen (secondary N) is 1. The van der Waals surface area contributed by atoms with Crippen LogP contribution in [0.2, 0.25) is 0 Å². The zero-order valence-corrected chi connectivity index (χ0v) is 10.2. The Morgan fingerprint density at radius 3 is 2.78 bits per heavy atom. The molecule has 0 spiro atoms. The number of amides is 2. The molecule has 1 aliphatic rings. The third-order valence-electron chi connectivity index (χ3n) is 2.94. The maximum Gasteiger partial charge on any atom is 0.335 e. The van der Waals surface area contributed by atoms with Gasteiger partial charge in [-0.1, -0.05) is 6.07 Å². The van der Waals surface area contributed by atoms with E-state index < -0.39 is 5.97 Å². The van der Waals surface area contributed by atoms with E-state index in [1.54, 1.807) is 24.1 Å². The lowest BCUT2D eigenvalue weighted by atomic mass is 10.2. The number of benzene rings is 1. The van der Waals surface area contributed by atoms with E-state index in [1.165, 1.54) is 25.0 Å². The lowest BCUT2D eigenvalue weighted by Gasteiger charge is -2.17. The largest absolute Gasteiger partial charge is 0.478 e. The van der Waals surface area contributed by atoms with Crippen molar-refractivity contribution >= 4 is 17.7 Å². The van der Waals surface area contributed by atoms with Crippen LogP contribution in [0, 0.1) is 5.92 Å². The molecule has 0 saturated heterocycles. The second-order valence-corrected chi connectivity index (χ2v) is 4.64. The molecule has 5 heteroatoms. The summed E-state index contributed by atoms with van der Waals surface area (Å²) in [5.41, 5.74) is 0.667. The van der Waals surface area contributed by atoms with Crippen LogP contribution in [0.4, 0.5) is 10.5 Å². The zero-order chi connectivity index (χ0) is 13.1. The highest BCUT2D eigenvalue weighted by Crippen LogP contribution is 2.29. The van der Waals surface area contributed by atoms with E-state index in [2.05, 4.69) is 5.32 Å². The van der Waals surface area contributed by atoms with Gasteiger partial charge in [-0.3, -0.25) is 0 Å². The number of carboxylic acid groups (broad SMARTS) is 1. The molecule has 18 heavy (non-hydrogen) atoms. The molecular weight excluding hydrogens is 232 g/mol. The summed E-state index contributed by atoms with van der Waals surface area (Å²) in [5, 5.41) is 11.6. The number of nitrogens with zero attached hydrogens (tertiary/aromatic N) is 1. The van der Waals surface area contributed by atoms with Crippen molar-refractivity contribution in [1.29, 1.82) is 0 Å². The topological polar surface area (TPSA) is 69.6 Å². The van der Waals surface area contributed by atoms with Gasteiger partial charge in [-0.2, -0.15) is 0 Å². The van der Waals surface area contributed by atoms with Crippen LogP contribution < -0.4 is 5.32 Å². The van der Waals surface area contributed by atoms with Crippen LogP contribution >= 0.6 is 0 Å². The molecule has 1 aromatic carbocycles. The van der Waals surface area contributed by atoms with Crippen molar-refractivity contribution in [1.82, 2.24) is 4.90 Å². The Morgan fingerprint density at radius 1 is 1.44 bits per heavy atom. The Balaban J connectivity index is 1.97. The van der Waals surface area contributed by atoms with Gasteiger partial charge in [0, 0.05) is 19.3 Å². The Kier molecular flexibility index (Phi) is 3.50. The summed E-state index contributed by atoms with van der Waals surface area (Å²) in [5.74, 6) is -0.372. The van der Waals surface area contributed by atoms with Gasteiger partial charge >= 0.3 is 12.0 Å². The van der Waals surface area contributed by atoms with E-state index in [0.29, 0.717) is 11.6 Å². The number of aromatic carboxylic acids is 1. The van der Waals surface area contributed by atoms with Crippen LogP contribution in [-0.4, -0.2) is 35.6 Å². The molecule has 2 amide bonds. The fraction of sp³-hybridized carbons (Fsp3) is 0.385. The number of hydrogen-bond donors (Lipinski definition) is 2. The SMILES string of the molecule is CN(CC1CC1)C(=O)Nc1cccc(C(=O)O)c1. The summed E-state index contributed by atoms with van der Waals surface area (Å²) in [6, 6.07) is 6.02. The van der Waals surface area contributed by atoms with Gasteiger partial charge in [0.2, 0.25) is 0 Å². The predicted molar refractivity (Wildman–Crippen MR) is 67.8 cm³/mol. The normalized spacial score (nSPS) is 14.1. The van der Waals surface area contributed by atoms with Crippen LogP contribution in [0.25, 0.3) is 0 Å². The van der Waals surface area contributed by atoms with Gasteiger partial charge < -0.3 is 15.3 Å². The molecule has 0 bridgehead atoms. The van der Waals surface area contributed by atoms with Crippen LogP contribution in [0.15, 0.2) is 24.3 Å². The Morgan fingerprint density at radius 2 is 2.17 bits per heavy atom. The molecule has 1 fully saturated rings. The predicted octanol–water partition coefficient (Wildman–Crippen LogP) is 2.26. The van der Waals surface area contributed by atoms with Gasteiger partial charge in [-0.25, -0.2) is 9.59 Å². The van der Waals surface area contributed by atoms with Crippen LogP contribution in [0.3, 0.4) is 0 Å². The summed E-state index contributed by atoms with van der Waals surface area (Å²) in [6.07, 6.45) is 2.37. The van der Waals surface area contributed by atoms with Crippen molar-refractivity contribution in [3.8, 4) is 0 Å². The van der Waals surface area contributed by atoms with Crippen LogP contribution in [0.1, 0.15) is 23.2 Å². The Hall–Kier alpha value is -2.04. The van der Waals surface area contributed by atoms with Crippen molar-refractivity contribution in [2.24, 2.45) is 5.92 Å². The second kappa shape index (κ2) is 5.08. The summed E-state index contributed by atoms with van der Waals surface area (Å²) < 4.78 is 0. The molecule has 0 unspecified atom stereocenters. The summed E-state index contributed by atoms with van der Waals surface area (Å²) in [7, 11) is 1.74. The van der Waals surface area contributed by atoms with Gasteiger partial charge in [0.15, 0.2) is 0 Å². The van der Waals surface area contributed by atoms with Gasteiger partial charge in [-0.05, 0) is 37.0 Å². The van der Waals surface area contributed by atoms with Gasteiger partial charge in [0.05, 0.1) is 5.56 Å². The number of hydrogen-bond acceptors (Lipinski definition) is 2. The number of urea groups is 1. The molecule has 0 heterocycles. The van der Waals surface area contributed by atoms with Gasteiger partial charge in [0.25, 0.3) is 0 Å². The highest BCUT2D eigenvalue weighted by Gasteiger charge is 2.24. The Labute approximate surface area is 105 Å². The van der Waals surface area contributed by atoms with E-state index in [1.807, 2.05) is 0 Å². The first-order chi connectivity index (χ1) is 8.56. The summed E-state index contributed by atoms with van der Waals surface area (Å²) >= 11 is 0. The standard InChI is InChI=1S/C13H16N2O3/c1-15(8-9-5-6-9)13(18)14-11-4-2-3-10(7-11)12(16)17/h2-4,7,9H,5-6,8H2,1H3,(H,14,18)(H,16,17). The summed E-state index contributed by atoms with van der Waals surface area (Å²) in [4.78, 5) is 24.3. The van der Waals surface area contributed by atoms with E-state index in [-0.39, 0.29) is 11.6 Å². The van der Waals surface area contributed by atoms with E-state index in [9.17, 15) is 9.59 Å². The van der Waals surface area contributed by atoms with Gasteiger partial charge in [0.1, 0.15) is 0 Å². The Bertz CT molecular complexity index is 469. The highest BCUT2D eigenvalue weighted by atomic mass is 16.4. The lowest BCUT2D eigenvalue weighted by molar-refractivity contribution is 0.0697. The third-order valence-corrected chi connectivity index (χ3v) is 2.94. The molecule has 2 N–H and O–H groups in total. The van der Waals surface area contributed by atoms with Crippen molar-refractivity contribution in [2.45, 2.75) is 12.8 Å². The minimum absolute atomic E-state index is 0.164. The maximum absolute atomic E-state index is 11.8. The van der Waals surface area contributed by atoms with Crippen molar-refractivity contribution in [3.63, 3.8) is 0 Å². The molecule has 2 rings (SSSR count). The highest BCUT2D eigenvalue weighted by molar-refractivity contribution is 5.93. The first-order valence-electron chi connectivity index (χ1n) is 5.92. The second-order valence-electron chi connectivity index (χ2n) is 4.64. The van der Waals surface area contributed by atoms with Crippen LogP contribution in [0.5, 0.6) is 0 Å². The molecule has 0 atom stereocenters. The average molecular weight is 248 g/mol. The summed E-state index contributed by atoms with van der Waals surface area (Å²) in [6.45, 7) is 0.754. The fourth-order valence-corrected chi connectivity index (χ4v) is 1.72. The average Bonchev–Trinajstić information content (AvgIpc) is 3.13.